The van der Waals surface area contributed by atoms with E-state index in [-0.39, 0.29) is 18.6 Å². The molecule has 0 radical (unpaired) electrons. The average Bonchev–Trinajstić information content (AvgIpc) is 2.47. The van der Waals surface area contributed by atoms with E-state index in [4.69, 9.17) is 4.74 Å². The second kappa shape index (κ2) is 8.08. The van der Waals surface area contributed by atoms with Crippen LogP contribution in [0.15, 0.2) is 35.5 Å². The van der Waals surface area contributed by atoms with Gasteiger partial charge in [-0.3, -0.25) is 9.59 Å². The van der Waals surface area contributed by atoms with Crippen LogP contribution >= 0.6 is 0 Å². The Hall–Kier alpha value is -1.68. The molecule has 0 aliphatic heterocycles. The maximum atomic E-state index is 12.2. The number of aliphatic hydroxyl groups is 1. The number of esters is 1. The van der Waals surface area contributed by atoms with Gasteiger partial charge in [-0.15, -0.1) is 0 Å². The van der Waals surface area contributed by atoms with Gasteiger partial charge in [-0.05, 0) is 46.1 Å². The van der Waals surface area contributed by atoms with Gasteiger partial charge in [0.2, 0.25) is 0 Å². The van der Waals surface area contributed by atoms with Crippen molar-refractivity contribution in [3.8, 4) is 0 Å². The summed E-state index contributed by atoms with van der Waals surface area (Å²) in [6, 6.07) is 0. The molecule has 1 aliphatic rings. The van der Waals surface area contributed by atoms with Crippen molar-refractivity contribution in [3.63, 3.8) is 0 Å². The Kier molecular flexibility index (Phi) is 6.75. The van der Waals surface area contributed by atoms with Crippen molar-refractivity contribution < 1.29 is 19.4 Å². The van der Waals surface area contributed by atoms with E-state index in [1.165, 1.54) is 24.8 Å². The predicted molar refractivity (Wildman–Crippen MR) is 86.3 cm³/mol. The van der Waals surface area contributed by atoms with Crippen LogP contribution in [0.2, 0.25) is 0 Å². The molecule has 0 aromatic rings. The summed E-state index contributed by atoms with van der Waals surface area (Å²) in [6.07, 6.45) is 8.16. The molecule has 0 bridgehead atoms. The molecule has 0 heterocycles. The minimum absolute atomic E-state index is 0.0761. The normalized spacial score (nSPS) is 25.0. The van der Waals surface area contributed by atoms with Crippen LogP contribution in [-0.2, 0) is 14.3 Å². The number of methoxy groups -OCH3 is 1. The molecule has 0 saturated heterocycles. The summed E-state index contributed by atoms with van der Waals surface area (Å²) in [5.74, 6) is -0.868. The second-order valence-corrected chi connectivity index (χ2v) is 6.14. The highest BCUT2D eigenvalue weighted by Gasteiger charge is 2.47. The van der Waals surface area contributed by atoms with Crippen LogP contribution in [0.4, 0.5) is 0 Å². The molecular formula is C18H26O4. The van der Waals surface area contributed by atoms with Gasteiger partial charge in [0.15, 0.2) is 5.78 Å². The summed E-state index contributed by atoms with van der Waals surface area (Å²) >= 11 is 0. The third-order valence-corrected chi connectivity index (χ3v) is 3.97. The van der Waals surface area contributed by atoms with E-state index in [9.17, 15) is 14.7 Å². The van der Waals surface area contributed by atoms with Gasteiger partial charge in [0.05, 0.1) is 13.2 Å². The molecule has 4 nitrogen and oxygen atoms in total. The van der Waals surface area contributed by atoms with Crippen LogP contribution in [0, 0.1) is 5.41 Å². The maximum absolute atomic E-state index is 12.2. The second-order valence-electron chi connectivity index (χ2n) is 6.14. The van der Waals surface area contributed by atoms with E-state index in [1.807, 2.05) is 13.0 Å². The Morgan fingerprint density at radius 1 is 1.41 bits per heavy atom. The van der Waals surface area contributed by atoms with Gasteiger partial charge >= 0.3 is 5.97 Å². The van der Waals surface area contributed by atoms with Crippen LogP contribution in [0.3, 0.4) is 0 Å². The van der Waals surface area contributed by atoms with Crippen molar-refractivity contribution in [2.45, 2.75) is 52.6 Å². The number of ether oxygens (including phenoxy) is 1. The van der Waals surface area contributed by atoms with E-state index in [0.717, 1.165) is 18.4 Å². The fourth-order valence-electron chi connectivity index (χ4n) is 2.57. The maximum Gasteiger partial charge on any atom is 0.320 e. The van der Waals surface area contributed by atoms with Crippen molar-refractivity contribution in [3.05, 3.63) is 35.5 Å². The van der Waals surface area contributed by atoms with Crippen molar-refractivity contribution in [1.29, 1.82) is 0 Å². The Balaban J connectivity index is 2.87. The number of rotatable bonds is 6. The number of allylic oxidation sites excluding steroid dienone is 5. The van der Waals surface area contributed by atoms with E-state index in [1.54, 1.807) is 0 Å². The van der Waals surface area contributed by atoms with Gasteiger partial charge in [-0.2, -0.15) is 0 Å². The van der Waals surface area contributed by atoms with Crippen LogP contribution in [0.1, 0.15) is 46.5 Å². The lowest BCUT2D eigenvalue weighted by Crippen LogP contribution is -2.44. The third-order valence-electron chi connectivity index (χ3n) is 3.97. The van der Waals surface area contributed by atoms with Crippen LogP contribution < -0.4 is 0 Å². The smallest absolute Gasteiger partial charge is 0.320 e. The van der Waals surface area contributed by atoms with Gasteiger partial charge in [0, 0.05) is 6.42 Å². The highest BCUT2D eigenvalue weighted by atomic mass is 16.5. The zero-order valence-electron chi connectivity index (χ0n) is 13.9. The minimum Gasteiger partial charge on any atom is -0.468 e. The van der Waals surface area contributed by atoms with Gasteiger partial charge < -0.3 is 9.84 Å². The molecule has 0 amide bonds. The fourth-order valence-corrected chi connectivity index (χ4v) is 2.57. The summed E-state index contributed by atoms with van der Waals surface area (Å²) in [7, 11) is 1.27. The van der Waals surface area contributed by atoms with Crippen LogP contribution in [0.25, 0.3) is 0 Å². The molecule has 122 valence electrons. The van der Waals surface area contributed by atoms with E-state index < -0.39 is 17.5 Å². The Morgan fingerprint density at radius 3 is 2.68 bits per heavy atom. The van der Waals surface area contributed by atoms with Crippen molar-refractivity contribution in [2.24, 2.45) is 5.41 Å². The average molecular weight is 306 g/mol. The third kappa shape index (κ3) is 4.67. The van der Waals surface area contributed by atoms with Gasteiger partial charge in [0.25, 0.3) is 0 Å². The van der Waals surface area contributed by atoms with Gasteiger partial charge in [-0.1, -0.05) is 29.4 Å². The zero-order valence-corrected chi connectivity index (χ0v) is 13.9. The molecule has 0 unspecified atom stereocenters. The molecular weight excluding hydrogens is 280 g/mol. The predicted octanol–water partition coefficient (Wildman–Crippen LogP) is 3.12. The highest BCUT2D eigenvalue weighted by Crippen LogP contribution is 2.36. The number of carbonyl (C=O) groups excluding carboxylic acids is 2. The number of ketones is 1. The van der Waals surface area contributed by atoms with E-state index >= 15 is 0 Å². The van der Waals surface area contributed by atoms with Crippen molar-refractivity contribution in [1.82, 2.24) is 0 Å². The summed E-state index contributed by atoms with van der Waals surface area (Å²) in [4.78, 5) is 24.4. The molecule has 2 atom stereocenters. The number of carbonyl (C=O) groups is 2. The van der Waals surface area contributed by atoms with Crippen molar-refractivity contribution >= 4 is 11.8 Å². The lowest BCUT2D eigenvalue weighted by atomic mass is 9.72. The summed E-state index contributed by atoms with van der Waals surface area (Å²) in [5.41, 5.74) is 1.10. The van der Waals surface area contributed by atoms with Crippen LogP contribution in [-0.4, -0.2) is 30.1 Å². The standard InChI is InChI=1S/C18H26O4/c1-13(2)6-5-7-14(3)10-11-18(17(21)22-4)12-15(19)8-9-16(18)20/h6,8-10,15,19H,5,7,11-12H2,1-4H3/b14-10+/t15-,18+/m0/s1. The van der Waals surface area contributed by atoms with Gasteiger partial charge in [-0.25, -0.2) is 0 Å². The van der Waals surface area contributed by atoms with Crippen LogP contribution in [0.5, 0.6) is 0 Å². The first-order valence-corrected chi connectivity index (χ1v) is 7.60. The summed E-state index contributed by atoms with van der Waals surface area (Å²) in [6.45, 7) is 6.10. The monoisotopic (exact) mass is 306 g/mol. The summed E-state index contributed by atoms with van der Waals surface area (Å²) < 4.78 is 4.81. The quantitative estimate of drug-likeness (QED) is 0.465. The molecule has 0 aromatic carbocycles. The lowest BCUT2D eigenvalue weighted by Gasteiger charge is -2.31. The molecule has 0 aromatic heterocycles. The molecule has 1 N–H and O–H groups in total. The summed E-state index contributed by atoms with van der Waals surface area (Å²) in [5, 5.41) is 9.80. The molecule has 1 aliphatic carbocycles. The van der Waals surface area contributed by atoms with E-state index in [2.05, 4.69) is 19.9 Å². The zero-order chi connectivity index (χ0) is 16.8. The molecule has 4 heteroatoms. The first-order chi connectivity index (χ1) is 10.3. The van der Waals surface area contributed by atoms with E-state index in [0.29, 0.717) is 0 Å². The minimum atomic E-state index is -1.29. The number of hydrogen-bond acceptors (Lipinski definition) is 4. The highest BCUT2D eigenvalue weighted by molar-refractivity contribution is 6.10. The first kappa shape index (κ1) is 18.4. The molecule has 22 heavy (non-hydrogen) atoms. The topological polar surface area (TPSA) is 63.6 Å². The van der Waals surface area contributed by atoms with Gasteiger partial charge in [0.1, 0.15) is 5.41 Å². The lowest BCUT2D eigenvalue weighted by molar-refractivity contribution is -0.158. The Morgan fingerprint density at radius 2 is 2.09 bits per heavy atom. The Bertz CT molecular complexity index is 509. The molecule has 0 saturated carbocycles. The van der Waals surface area contributed by atoms with Crippen molar-refractivity contribution in [2.75, 3.05) is 7.11 Å². The SMILES string of the molecule is COC(=O)[C@]1(C/C=C(\C)CCC=C(C)C)C[C@@H](O)C=CC1=O. The first-order valence-electron chi connectivity index (χ1n) is 7.60. The number of aliphatic hydroxyl groups excluding tert-OH is 1. The fraction of sp³-hybridized carbons (Fsp3) is 0.556. The molecule has 0 fully saturated rings. The Labute approximate surface area is 132 Å². The molecule has 0 spiro atoms. The number of hydrogen-bond donors (Lipinski definition) is 1. The largest absolute Gasteiger partial charge is 0.468 e. The molecule has 1 rings (SSSR count).